The SMILES string of the molecule is N.O=S(=O)(O)CC(F)C(F)C(F)C(F)C(F)CCF. The number of rotatable bonds is 8. The molecule has 0 saturated carbocycles. The number of hydrogen-bond acceptors (Lipinski definition) is 3. The third-order valence-electron chi connectivity index (χ3n) is 2.05. The van der Waals surface area contributed by atoms with E-state index < -0.39 is 59.8 Å². The monoisotopic (exact) mass is 319 g/mol. The summed E-state index contributed by atoms with van der Waals surface area (Å²) < 4.78 is 105. The van der Waals surface area contributed by atoms with Crippen LogP contribution in [-0.2, 0) is 10.1 Å². The Morgan fingerprint density at radius 2 is 1.32 bits per heavy atom. The smallest absolute Gasteiger partial charge is 0.267 e. The topological polar surface area (TPSA) is 89.4 Å². The van der Waals surface area contributed by atoms with Crippen LogP contribution in [0, 0.1) is 0 Å². The first-order valence-electron chi connectivity index (χ1n) is 4.81. The maximum atomic E-state index is 13.0. The zero-order valence-corrected chi connectivity index (χ0v) is 10.5. The van der Waals surface area contributed by atoms with Crippen molar-refractivity contribution < 1.29 is 39.3 Å². The van der Waals surface area contributed by atoms with Gasteiger partial charge in [0, 0.05) is 6.42 Å². The van der Waals surface area contributed by atoms with Crippen molar-refractivity contribution in [3.63, 3.8) is 0 Å². The second-order valence-corrected chi connectivity index (χ2v) is 5.09. The maximum Gasteiger partial charge on any atom is 0.267 e. The van der Waals surface area contributed by atoms with Crippen molar-refractivity contribution in [3.05, 3.63) is 0 Å². The van der Waals surface area contributed by atoms with Crippen LogP contribution in [0.15, 0.2) is 0 Å². The van der Waals surface area contributed by atoms with Crippen LogP contribution in [0.1, 0.15) is 6.42 Å². The highest BCUT2D eigenvalue weighted by Gasteiger charge is 2.41. The molecular weight excluding hydrogens is 304 g/mol. The minimum absolute atomic E-state index is 0. The summed E-state index contributed by atoms with van der Waals surface area (Å²) in [4.78, 5) is 0. The second kappa shape index (κ2) is 8.59. The van der Waals surface area contributed by atoms with Crippen LogP contribution in [0.5, 0.6) is 0 Å². The summed E-state index contributed by atoms with van der Waals surface area (Å²) in [5, 5.41) is 0. The number of alkyl halides is 6. The highest BCUT2D eigenvalue weighted by molar-refractivity contribution is 7.85. The van der Waals surface area contributed by atoms with Gasteiger partial charge in [0.15, 0.2) is 24.7 Å². The second-order valence-electron chi connectivity index (χ2n) is 3.59. The lowest BCUT2D eigenvalue weighted by atomic mass is 10.0. The van der Waals surface area contributed by atoms with Gasteiger partial charge in [0.05, 0.1) is 6.67 Å². The van der Waals surface area contributed by atoms with E-state index in [9.17, 15) is 34.8 Å². The van der Waals surface area contributed by atoms with Gasteiger partial charge in [-0.1, -0.05) is 0 Å². The van der Waals surface area contributed by atoms with Crippen LogP contribution >= 0.6 is 0 Å². The van der Waals surface area contributed by atoms with Crippen LogP contribution in [0.3, 0.4) is 0 Å². The molecule has 11 heteroatoms. The van der Waals surface area contributed by atoms with E-state index in [4.69, 9.17) is 4.55 Å². The Labute approximate surface area is 106 Å². The van der Waals surface area contributed by atoms with Gasteiger partial charge in [-0.2, -0.15) is 8.42 Å². The largest absolute Gasteiger partial charge is 0.344 e. The first-order chi connectivity index (χ1) is 8.10. The van der Waals surface area contributed by atoms with Gasteiger partial charge in [-0.3, -0.25) is 8.94 Å². The summed E-state index contributed by atoms with van der Waals surface area (Å²) in [6.45, 7) is -1.31. The third-order valence-corrected chi connectivity index (χ3v) is 2.79. The van der Waals surface area contributed by atoms with Crippen molar-refractivity contribution in [2.75, 3.05) is 12.4 Å². The maximum absolute atomic E-state index is 13.0. The molecule has 0 amide bonds. The molecule has 0 aromatic rings. The van der Waals surface area contributed by atoms with E-state index in [0.29, 0.717) is 0 Å². The van der Waals surface area contributed by atoms with Crippen molar-refractivity contribution in [3.8, 4) is 0 Å². The molecule has 118 valence electrons. The van der Waals surface area contributed by atoms with Crippen LogP contribution in [0.25, 0.3) is 0 Å². The van der Waals surface area contributed by atoms with Gasteiger partial charge in [-0.25, -0.2) is 22.0 Å². The van der Waals surface area contributed by atoms with Crippen molar-refractivity contribution in [1.29, 1.82) is 0 Å². The first-order valence-corrected chi connectivity index (χ1v) is 6.42. The zero-order valence-electron chi connectivity index (χ0n) is 9.65. The fraction of sp³-hybridized carbons (Fsp3) is 1.00. The molecule has 0 saturated heterocycles. The number of hydrogen-bond donors (Lipinski definition) is 2. The van der Waals surface area contributed by atoms with Crippen LogP contribution in [0.2, 0.25) is 0 Å². The molecule has 0 radical (unpaired) electrons. The Morgan fingerprint density at radius 1 is 0.895 bits per heavy atom. The Hall–Kier alpha value is -0.550. The molecule has 0 fully saturated rings. The average molecular weight is 319 g/mol. The van der Waals surface area contributed by atoms with Crippen molar-refractivity contribution in [2.24, 2.45) is 0 Å². The van der Waals surface area contributed by atoms with Crippen molar-refractivity contribution >= 4 is 10.1 Å². The molecule has 5 atom stereocenters. The highest BCUT2D eigenvalue weighted by Crippen LogP contribution is 2.23. The van der Waals surface area contributed by atoms with Crippen LogP contribution < -0.4 is 6.15 Å². The molecule has 4 N–H and O–H groups in total. The molecular formula is C8H15F6NO3S. The van der Waals surface area contributed by atoms with Gasteiger partial charge in [0.1, 0.15) is 11.9 Å². The average Bonchev–Trinajstić information content (AvgIpc) is 2.24. The molecule has 5 unspecified atom stereocenters. The summed E-state index contributed by atoms with van der Waals surface area (Å²) in [7, 11) is -4.92. The number of halogens is 6. The molecule has 4 nitrogen and oxygen atoms in total. The molecule has 0 aliphatic heterocycles. The summed E-state index contributed by atoms with van der Waals surface area (Å²) in [5.74, 6) is -1.78. The first kappa shape index (κ1) is 20.8. The van der Waals surface area contributed by atoms with Crippen LogP contribution in [0.4, 0.5) is 26.3 Å². The van der Waals surface area contributed by atoms with Crippen molar-refractivity contribution in [1.82, 2.24) is 6.15 Å². The van der Waals surface area contributed by atoms with E-state index in [1.807, 2.05) is 0 Å². The molecule has 0 heterocycles. The van der Waals surface area contributed by atoms with E-state index in [0.717, 1.165) is 0 Å². The normalized spacial score (nSPS) is 19.9. The molecule has 19 heavy (non-hydrogen) atoms. The minimum atomic E-state index is -4.92. The predicted molar refractivity (Wildman–Crippen MR) is 56.5 cm³/mol. The summed E-state index contributed by atoms with van der Waals surface area (Å²) in [6, 6.07) is 0. The standard InChI is InChI=1S/C8H12F6O3S.H3N/c9-2-1-4(10)6(12)8(14)7(13)5(11)3-18(15,16)17;/h4-8H,1-3H2,(H,15,16,17);1H3. The van der Waals surface area contributed by atoms with Gasteiger partial charge in [-0.15, -0.1) is 0 Å². The summed E-state index contributed by atoms with van der Waals surface area (Å²) in [5.41, 5.74) is 0. The fourth-order valence-corrected chi connectivity index (χ4v) is 1.72. The van der Waals surface area contributed by atoms with Gasteiger partial charge in [0.25, 0.3) is 10.1 Å². The summed E-state index contributed by atoms with van der Waals surface area (Å²) >= 11 is 0. The highest BCUT2D eigenvalue weighted by atomic mass is 32.2. The Balaban J connectivity index is 0. The van der Waals surface area contributed by atoms with E-state index in [-0.39, 0.29) is 6.15 Å². The zero-order chi connectivity index (χ0) is 14.5. The van der Waals surface area contributed by atoms with Gasteiger partial charge < -0.3 is 6.15 Å². The van der Waals surface area contributed by atoms with E-state index in [1.165, 1.54) is 0 Å². The molecule has 0 bridgehead atoms. The van der Waals surface area contributed by atoms with Crippen LogP contribution in [-0.4, -0.2) is 56.3 Å². The Kier molecular flexibility index (Phi) is 9.38. The Bertz CT molecular complexity index is 343. The van der Waals surface area contributed by atoms with E-state index in [1.54, 1.807) is 0 Å². The summed E-state index contributed by atoms with van der Waals surface area (Å²) in [6.07, 6.45) is -16.4. The molecule has 0 aliphatic carbocycles. The molecule has 0 rings (SSSR count). The van der Waals surface area contributed by atoms with Gasteiger partial charge in [0.2, 0.25) is 0 Å². The predicted octanol–water partition coefficient (Wildman–Crippen LogP) is 2.09. The van der Waals surface area contributed by atoms with E-state index in [2.05, 4.69) is 0 Å². The quantitative estimate of drug-likeness (QED) is 0.529. The molecule has 0 aromatic heterocycles. The van der Waals surface area contributed by atoms with Gasteiger partial charge >= 0.3 is 0 Å². The lowest BCUT2D eigenvalue weighted by molar-refractivity contribution is 0.00269. The Morgan fingerprint density at radius 3 is 1.68 bits per heavy atom. The fourth-order valence-electron chi connectivity index (χ4n) is 1.13. The lowest BCUT2D eigenvalue weighted by Crippen LogP contribution is -2.42. The molecule has 0 spiro atoms. The minimum Gasteiger partial charge on any atom is -0.344 e. The van der Waals surface area contributed by atoms with Crippen molar-refractivity contribution in [2.45, 2.75) is 37.3 Å². The third kappa shape index (κ3) is 7.57. The molecule has 0 aliphatic rings. The lowest BCUT2D eigenvalue weighted by Gasteiger charge is -2.21. The van der Waals surface area contributed by atoms with Gasteiger partial charge in [-0.05, 0) is 0 Å². The van der Waals surface area contributed by atoms with E-state index >= 15 is 0 Å². The molecule has 0 aromatic carbocycles.